The summed E-state index contributed by atoms with van der Waals surface area (Å²) in [4.78, 5) is 26.4. The summed E-state index contributed by atoms with van der Waals surface area (Å²) in [6, 6.07) is -0.689. The van der Waals surface area contributed by atoms with Gasteiger partial charge in [0.2, 0.25) is 11.8 Å². The first-order chi connectivity index (χ1) is 8.78. The predicted octanol–water partition coefficient (Wildman–Crippen LogP) is 1.79. The van der Waals surface area contributed by atoms with Crippen LogP contribution in [0.4, 0.5) is 0 Å². The first-order valence-corrected chi connectivity index (χ1v) is 7.39. The number of nitrogens with one attached hydrogen (secondary N) is 1. The van der Waals surface area contributed by atoms with Crippen molar-refractivity contribution in [2.45, 2.75) is 59.5 Å². The second-order valence-corrected chi connectivity index (χ2v) is 6.90. The molecular formula is C15H26N2O2. The van der Waals surface area contributed by atoms with Crippen LogP contribution in [0.15, 0.2) is 0 Å². The molecule has 2 fully saturated rings. The van der Waals surface area contributed by atoms with E-state index in [9.17, 15) is 9.59 Å². The number of hydrogen-bond acceptors (Lipinski definition) is 2. The molecule has 0 aromatic heterocycles. The van der Waals surface area contributed by atoms with Crippen LogP contribution in [0, 0.1) is 17.3 Å². The van der Waals surface area contributed by atoms with E-state index in [2.05, 4.69) is 19.2 Å². The molecule has 4 heteroatoms. The Labute approximate surface area is 115 Å². The largest absolute Gasteiger partial charge is 0.343 e. The van der Waals surface area contributed by atoms with Crippen LogP contribution in [-0.4, -0.2) is 35.3 Å². The van der Waals surface area contributed by atoms with Gasteiger partial charge in [0.15, 0.2) is 0 Å². The third kappa shape index (κ3) is 2.49. The molecule has 2 aliphatic rings. The van der Waals surface area contributed by atoms with Gasteiger partial charge in [-0.05, 0) is 37.0 Å². The molecule has 0 aromatic rings. The molecule has 2 rings (SSSR count). The minimum absolute atomic E-state index is 0.00153. The molecule has 2 amide bonds. The van der Waals surface area contributed by atoms with Crippen molar-refractivity contribution in [3.63, 3.8) is 0 Å². The fraction of sp³-hybridized carbons (Fsp3) is 0.867. The quantitative estimate of drug-likeness (QED) is 0.843. The zero-order valence-electron chi connectivity index (χ0n) is 12.7. The molecule has 1 aliphatic heterocycles. The van der Waals surface area contributed by atoms with E-state index in [1.807, 2.05) is 18.7 Å². The Morgan fingerprint density at radius 2 is 1.84 bits per heavy atom. The fourth-order valence-electron chi connectivity index (χ4n) is 3.14. The summed E-state index contributed by atoms with van der Waals surface area (Å²) in [5, 5.41) is 2.80. The summed E-state index contributed by atoms with van der Waals surface area (Å²) in [7, 11) is 0. The zero-order valence-corrected chi connectivity index (χ0v) is 12.7. The SMILES string of the molecule is CC1NC(=O)C(C(C)C)N(CC2(C(C)C)CC2)C1=O. The normalized spacial score (nSPS) is 29.9. The number of nitrogens with zero attached hydrogens (tertiary/aromatic N) is 1. The third-order valence-electron chi connectivity index (χ3n) is 4.85. The van der Waals surface area contributed by atoms with Gasteiger partial charge in [-0.25, -0.2) is 0 Å². The summed E-state index contributed by atoms with van der Waals surface area (Å²) in [5.74, 6) is 0.791. The summed E-state index contributed by atoms with van der Waals surface area (Å²) < 4.78 is 0. The molecule has 2 unspecified atom stereocenters. The van der Waals surface area contributed by atoms with E-state index in [0.29, 0.717) is 5.92 Å². The molecule has 0 radical (unpaired) electrons. The van der Waals surface area contributed by atoms with Gasteiger partial charge in [-0.2, -0.15) is 0 Å². The Balaban J connectivity index is 2.22. The van der Waals surface area contributed by atoms with Crippen LogP contribution >= 0.6 is 0 Å². The second-order valence-electron chi connectivity index (χ2n) is 6.90. The van der Waals surface area contributed by atoms with Crippen molar-refractivity contribution >= 4 is 11.8 Å². The fourth-order valence-corrected chi connectivity index (χ4v) is 3.14. The summed E-state index contributed by atoms with van der Waals surface area (Å²) in [5.41, 5.74) is 0.250. The van der Waals surface area contributed by atoms with E-state index < -0.39 is 0 Å². The van der Waals surface area contributed by atoms with E-state index in [-0.39, 0.29) is 35.2 Å². The second kappa shape index (κ2) is 4.80. The Morgan fingerprint density at radius 3 is 2.26 bits per heavy atom. The number of hydrogen-bond donors (Lipinski definition) is 1. The molecule has 2 atom stereocenters. The predicted molar refractivity (Wildman–Crippen MR) is 74.4 cm³/mol. The van der Waals surface area contributed by atoms with Crippen LogP contribution in [0.1, 0.15) is 47.5 Å². The number of piperazine rings is 1. The first kappa shape index (κ1) is 14.4. The van der Waals surface area contributed by atoms with Crippen LogP contribution in [0.5, 0.6) is 0 Å². The Bertz CT molecular complexity index is 386. The standard InChI is InChI=1S/C15H26N2O2/c1-9(2)12-13(18)16-11(5)14(19)17(12)8-15(6-7-15)10(3)4/h9-12H,6-8H2,1-5H3,(H,16,18). The van der Waals surface area contributed by atoms with Crippen molar-refractivity contribution in [2.24, 2.45) is 17.3 Å². The molecule has 0 bridgehead atoms. The number of amides is 2. The maximum atomic E-state index is 12.4. The van der Waals surface area contributed by atoms with Crippen LogP contribution < -0.4 is 5.32 Å². The van der Waals surface area contributed by atoms with Gasteiger partial charge in [0.25, 0.3) is 0 Å². The van der Waals surface area contributed by atoms with Gasteiger partial charge in [-0.1, -0.05) is 27.7 Å². The van der Waals surface area contributed by atoms with E-state index in [1.165, 1.54) is 12.8 Å². The molecule has 0 spiro atoms. The molecule has 108 valence electrons. The summed E-state index contributed by atoms with van der Waals surface area (Å²) >= 11 is 0. The van der Waals surface area contributed by atoms with Gasteiger partial charge in [-0.3, -0.25) is 9.59 Å². The maximum Gasteiger partial charge on any atom is 0.245 e. The molecule has 1 heterocycles. The number of rotatable bonds is 4. The lowest BCUT2D eigenvalue weighted by molar-refractivity contribution is -0.152. The highest BCUT2D eigenvalue weighted by Gasteiger charge is 2.51. The highest BCUT2D eigenvalue weighted by Crippen LogP contribution is 2.52. The van der Waals surface area contributed by atoms with Gasteiger partial charge < -0.3 is 10.2 Å². The van der Waals surface area contributed by atoms with Gasteiger partial charge in [0.1, 0.15) is 12.1 Å². The lowest BCUT2D eigenvalue weighted by atomic mass is 9.89. The summed E-state index contributed by atoms with van der Waals surface area (Å²) in [6.07, 6.45) is 2.35. The van der Waals surface area contributed by atoms with Crippen LogP contribution in [0.2, 0.25) is 0 Å². The Hall–Kier alpha value is -1.06. The van der Waals surface area contributed by atoms with Crippen molar-refractivity contribution in [1.29, 1.82) is 0 Å². The van der Waals surface area contributed by atoms with Gasteiger partial charge in [0.05, 0.1) is 0 Å². The van der Waals surface area contributed by atoms with Gasteiger partial charge in [0, 0.05) is 6.54 Å². The zero-order chi connectivity index (χ0) is 14.4. The molecule has 4 nitrogen and oxygen atoms in total. The molecule has 1 saturated heterocycles. The highest BCUT2D eigenvalue weighted by molar-refractivity contribution is 5.96. The van der Waals surface area contributed by atoms with E-state index in [1.54, 1.807) is 6.92 Å². The molecule has 1 N–H and O–H groups in total. The van der Waals surface area contributed by atoms with Crippen molar-refractivity contribution < 1.29 is 9.59 Å². The van der Waals surface area contributed by atoms with Crippen molar-refractivity contribution in [2.75, 3.05) is 6.54 Å². The lowest BCUT2D eigenvalue weighted by Gasteiger charge is -2.42. The van der Waals surface area contributed by atoms with Crippen LogP contribution in [0.3, 0.4) is 0 Å². The Kier molecular flexibility index (Phi) is 3.63. The minimum Gasteiger partial charge on any atom is -0.343 e. The van der Waals surface area contributed by atoms with Gasteiger partial charge in [-0.15, -0.1) is 0 Å². The van der Waals surface area contributed by atoms with Gasteiger partial charge >= 0.3 is 0 Å². The number of carbonyl (C=O) groups is 2. The molecule has 1 saturated carbocycles. The molecule has 19 heavy (non-hydrogen) atoms. The topological polar surface area (TPSA) is 49.4 Å². The Morgan fingerprint density at radius 1 is 1.26 bits per heavy atom. The smallest absolute Gasteiger partial charge is 0.245 e. The lowest BCUT2D eigenvalue weighted by Crippen LogP contribution is -2.65. The molecule has 0 aromatic carbocycles. The van der Waals surface area contributed by atoms with E-state index in [0.717, 1.165) is 6.54 Å². The van der Waals surface area contributed by atoms with E-state index >= 15 is 0 Å². The number of carbonyl (C=O) groups excluding carboxylic acids is 2. The average molecular weight is 266 g/mol. The molecule has 1 aliphatic carbocycles. The van der Waals surface area contributed by atoms with Crippen molar-refractivity contribution in [1.82, 2.24) is 10.2 Å². The third-order valence-corrected chi connectivity index (χ3v) is 4.85. The maximum absolute atomic E-state index is 12.4. The van der Waals surface area contributed by atoms with Crippen molar-refractivity contribution in [3.8, 4) is 0 Å². The molecular weight excluding hydrogens is 240 g/mol. The van der Waals surface area contributed by atoms with Crippen LogP contribution in [-0.2, 0) is 9.59 Å². The van der Waals surface area contributed by atoms with Crippen molar-refractivity contribution in [3.05, 3.63) is 0 Å². The average Bonchev–Trinajstić information content (AvgIpc) is 3.06. The van der Waals surface area contributed by atoms with E-state index in [4.69, 9.17) is 0 Å². The van der Waals surface area contributed by atoms with Crippen LogP contribution in [0.25, 0.3) is 0 Å². The monoisotopic (exact) mass is 266 g/mol. The highest BCUT2D eigenvalue weighted by atomic mass is 16.2. The summed E-state index contributed by atoms with van der Waals surface area (Å²) in [6.45, 7) is 11.0. The minimum atomic E-state index is -0.384. The first-order valence-electron chi connectivity index (χ1n) is 7.39.